The topological polar surface area (TPSA) is 96.7 Å². The smallest absolute Gasteiger partial charge is 0.284 e. The Morgan fingerprint density at radius 1 is 0.943 bits per heavy atom. The van der Waals surface area contributed by atoms with E-state index in [1.165, 1.54) is 7.11 Å². The molecular weight excluding hydrogens is 468 g/mol. The van der Waals surface area contributed by atoms with E-state index in [1.807, 2.05) is 43.3 Å². The molecule has 1 aromatic heterocycles. The number of nitrogens with zero attached hydrogens (tertiary/aromatic N) is 2. The number of ether oxygens (including phenoxy) is 3. The molecule has 0 bridgehead atoms. The van der Waals surface area contributed by atoms with E-state index in [9.17, 15) is 13.2 Å². The van der Waals surface area contributed by atoms with Crippen molar-refractivity contribution in [2.75, 3.05) is 20.7 Å². The minimum absolute atomic E-state index is 0.0271. The van der Waals surface area contributed by atoms with Gasteiger partial charge >= 0.3 is 0 Å². The maximum absolute atomic E-state index is 13.7. The van der Waals surface area contributed by atoms with Crippen molar-refractivity contribution >= 4 is 27.2 Å². The second-order valence-corrected chi connectivity index (χ2v) is 9.92. The van der Waals surface area contributed by atoms with Crippen molar-refractivity contribution in [2.24, 2.45) is 0 Å². The first kappa shape index (κ1) is 24.6. The molecule has 0 radical (unpaired) electrons. The molecule has 0 saturated heterocycles. The lowest BCUT2D eigenvalue weighted by Crippen LogP contribution is -2.17. The van der Waals surface area contributed by atoms with E-state index < -0.39 is 10.0 Å². The summed E-state index contributed by atoms with van der Waals surface area (Å²) < 4.78 is 44.0. The predicted molar refractivity (Wildman–Crippen MR) is 132 cm³/mol. The molecule has 0 fully saturated rings. The van der Waals surface area contributed by atoms with Crippen LogP contribution in [0.3, 0.4) is 0 Å². The van der Waals surface area contributed by atoms with Gasteiger partial charge in [0.25, 0.3) is 10.0 Å². The summed E-state index contributed by atoms with van der Waals surface area (Å²) in [6.45, 7) is 5.57. The number of methoxy groups -OCH3 is 1. The van der Waals surface area contributed by atoms with E-state index in [4.69, 9.17) is 14.2 Å². The van der Waals surface area contributed by atoms with Gasteiger partial charge in [-0.15, -0.1) is 0 Å². The molecule has 0 N–H and O–H groups in total. The number of carbonyl (C=O) groups excluding carboxylic acids is 1. The predicted octanol–water partition coefficient (Wildman–Crippen LogP) is 4.63. The van der Waals surface area contributed by atoms with E-state index in [1.54, 1.807) is 32.0 Å². The monoisotopic (exact) mass is 494 g/mol. The van der Waals surface area contributed by atoms with Gasteiger partial charge in [0, 0.05) is 12.5 Å². The zero-order valence-electron chi connectivity index (χ0n) is 19.9. The Kier molecular flexibility index (Phi) is 7.02. The van der Waals surface area contributed by atoms with E-state index in [0.717, 1.165) is 20.8 Å². The van der Waals surface area contributed by atoms with Gasteiger partial charge < -0.3 is 14.2 Å². The molecule has 0 atom stereocenters. The number of carbonyl (C=O) groups is 1. The number of hydrogen-bond donors (Lipinski definition) is 0. The molecule has 0 amide bonds. The normalized spacial score (nSPS) is 11.7. The molecule has 182 valence electrons. The third kappa shape index (κ3) is 4.84. The van der Waals surface area contributed by atoms with Crippen LogP contribution in [0.25, 0.3) is 22.0 Å². The molecule has 3 aromatic carbocycles. The molecule has 8 nitrogen and oxygen atoms in total. The van der Waals surface area contributed by atoms with Gasteiger partial charge in [-0.25, -0.2) is 0 Å². The molecule has 1 heterocycles. The first-order chi connectivity index (χ1) is 16.8. The number of aldehydes is 1. The van der Waals surface area contributed by atoms with Gasteiger partial charge in [-0.1, -0.05) is 35.9 Å². The second-order valence-electron chi connectivity index (χ2n) is 8.21. The molecular formula is C26H26N2O6S. The Morgan fingerprint density at radius 3 is 2.34 bits per heavy atom. The Balaban J connectivity index is 1.82. The molecule has 0 aliphatic heterocycles. The lowest BCUT2D eigenvalue weighted by molar-refractivity contribution is -0.0835. The van der Waals surface area contributed by atoms with Gasteiger partial charge in [0.15, 0.2) is 13.1 Å². The number of aromatic nitrogens is 2. The zero-order chi connectivity index (χ0) is 25.2. The summed E-state index contributed by atoms with van der Waals surface area (Å²) in [5, 5.41) is 4.63. The van der Waals surface area contributed by atoms with Crippen molar-refractivity contribution in [3.63, 3.8) is 0 Å². The first-order valence-corrected chi connectivity index (χ1v) is 12.3. The number of benzene rings is 3. The zero-order valence-corrected chi connectivity index (χ0v) is 20.8. The second kappa shape index (κ2) is 9.99. The average Bonchev–Trinajstić information content (AvgIpc) is 3.20. The van der Waals surface area contributed by atoms with Gasteiger partial charge in [0.05, 0.1) is 10.4 Å². The highest BCUT2D eigenvalue weighted by Gasteiger charge is 2.26. The molecule has 4 rings (SSSR count). The summed E-state index contributed by atoms with van der Waals surface area (Å²) in [5.74, 6) is 0.583. The van der Waals surface area contributed by atoms with Crippen LogP contribution in [0.1, 0.15) is 27.2 Å². The Morgan fingerprint density at radius 2 is 1.66 bits per heavy atom. The van der Waals surface area contributed by atoms with Crippen molar-refractivity contribution in [1.29, 1.82) is 0 Å². The molecule has 9 heteroatoms. The summed E-state index contributed by atoms with van der Waals surface area (Å²) in [6.07, 6.45) is 0.567. The van der Waals surface area contributed by atoms with E-state index in [2.05, 4.69) is 5.10 Å². The maximum atomic E-state index is 13.7. The third-order valence-electron chi connectivity index (χ3n) is 5.56. The van der Waals surface area contributed by atoms with Crippen LogP contribution in [-0.2, 0) is 19.5 Å². The van der Waals surface area contributed by atoms with E-state index in [0.29, 0.717) is 34.1 Å². The van der Waals surface area contributed by atoms with Gasteiger partial charge in [0.2, 0.25) is 0 Å². The standard InChI is InChI=1S/C26H26N2O6S/c1-17-10-18(2)26(19(3)11-17)35(30,31)28-25-13-21(8-9-23(25)24(14-29)27-28)20-6-5-7-22(12-20)34-16-33-15-32-4/h5-14H,15-16H2,1-4H3. The fourth-order valence-electron chi connectivity index (χ4n) is 4.21. The fourth-order valence-corrected chi connectivity index (χ4v) is 5.92. The first-order valence-electron chi connectivity index (χ1n) is 10.9. The van der Waals surface area contributed by atoms with E-state index >= 15 is 0 Å². The number of rotatable bonds is 9. The van der Waals surface area contributed by atoms with Gasteiger partial charge in [-0.05, 0) is 67.3 Å². The number of hydrogen-bond acceptors (Lipinski definition) is 7. The highest BCUT2D eigenvalue weighted by atomic mass is 32.2. The van der Waals surface area contributed by atoms with Gasteiger partial charge in [-0.2, -0.15) is 17.6 Å². The van der Waals surface area contributed by atoms with Crippen molar-refractivity contribution in [2.45, 2.75) is 25.7 Å². The molecule has 35 heavy (non-hydrogen) atoms. The molecule has 0 aliphatic carbocycles. The molecule has 0 aliphatic rings. The van der Waals surface area contributed by atoms with E-state index in [-0.39, 0.29) is 24.2 Å². The van der Waals surface area contributed by atoms with Gasteiger partial charge in [0.1, 0.15) is 18.2 Å². The summed E-state index contributed by atoms with van der Waals surface area (Å²) >= 11 is 0. The Hall–Kier alpha value is -3.53. The highest BCUT2D eigenvalue weighted by molar-refractivity contribution is 7.90. The van der Waals surface area contributed by atoms with Crippen molar-refractivity contribution in [3.05, 3.63) is 77.0 Å². The van der Waals surface area contributed by atoms with Crippen molar-refractivity contribution in [3.8, 4) is 16.9 Å². The van der Waals surface area contributed by atoms with Gasteiger partial charge in [-0.3, -0.25) is 4.79 Å². The average molecular weight is 495 g/mol. The minimum atomic E-state index is -4.06. The van der Waals surface area contributed by atoms with Crippen LogP contribution in [0.2, 0.25) is 0 Å². The third-order valence-corrected chi connectivity index (χ3v) is 7.45. The van der Waals surface area contributed by atoms with Crippen molar-refractivity contribution < 1.29 is 27.4 Å². The largest absolute Gasteiger partial charge is 0.467 e. The Bertz CT molecular complexity index is 1480. The van der Waals surface area contributed by atoms with Crippen LogP contribution in [0.4, 0.5) is 0 Å². The van der Waals surface area contributed by atoms with Crippen LogP contribution in [0, 0.1) is 20.8 Å². The lowest BCUT2D eigenvalue weighted by atomic mass is 10.0. The summed E-state index contributed by atoms with van der Waals surface area (Å²) in [6, 6.07) is 16.2. The van der Waals surface area contributed by atoms with Crippen molar-refractivity contribution in [1.82, 2.24) is 9.19 Å². The summed E-state index contributed by atoms with van der Waals surface area (Å²) in [4.78, 5) is 11.9. The summed E-state index contributed by atoms with van der Waals surface area (Å²) in [5.41, 5.74) is 4.13. The number of aryl methyl sites for hydroxylation is 3. The maximum Gasteiger partial charge on any atom is 0.284 e. The fraction of sp³-hybridized carbons (Fsp3) is 0.231. The molecule has 4 aromatic rings. The summed E-state index contributed by atoms with van der Waals surface area (Å²) in [7, 11) is -2.54. The lowest BCUT2D eigenvalue weighted by Gasteiger charge is -2.13. The SMILES string of the molecule is COCOCOc1cccc(-c2ccc3c(C=O)nn(S(=O)(=O)c4c(C)cc(C)cc4C)c3c2)c1. The minimum Gasteiger partial charge on any atom is -0.467 e. The number of fused-ring (bicyclic) bond motifs is 1. The Labute approximate surface area is 204 Å². The van der Waals surface area contributed by atoms with Crippen LogP contribution in [0.15, 0.2) is 59.5 Å². The molecule has 0 saturated carbocycles. The molecule has 0 spiro atoms. The van der Waals surface area contributed by atoms with Crippen LogP contribution in [0.5, 0.6) is 5.75 Å². The quantitative estimate of drug-likeness (QED) is 0.190. The van der Waals surface area contributed by atoms with Crippen LogP contribution >= 0.6 is 0 Å². The van der Waals surface area contributed by atoms with Crippen LogP contribution < -0.4 is 4.74 Å². The van der Waals surface area contributed by atoms with Crippen LogP contribution in [-0.4, -0.2) is 44.6 Å². The molecule has 0 unspecified atom stereocenters. The highest BCUT2D eigenvalue weighted by Crippen LogP contribution is 2.31.